The lowest BCUT2D eigenvalue weighted by Crippen LogP contribution is -2.11. The first-order chi connectivity index (χ1) is 7.41. The summed E-state index contributed by atoms with van der Waals surface area (Å²) in [6.45, 7) is 1.54. The van der Waals surface area contributed by atoms with Gasteiger partial charge in [0.15, 0.2) is 0 Å². The van der Waals surface area contributed by atoms with Crippen LogP contribution in [0.15, 0.2) is 18.2 Å². The molecule has 0 aliphatic heterocycles. The van der Waals surface area contributed by atoms with Crippen molar-refractivity contribution in [1.29, 1.82) is 0 Å². The van der Waals surface area contributed by atoms with Crippen LogP contribution in [0.3, 0.4) is 0 Å². The van der Waals surface area contributed by atoms with Crippen molar-refractivity contribution in [2.75, 3.05) is 0 Å². The van der Waals surface area contributed by atoms with E-state index in [-0.39, 0.29) is 17.5 Å². The van der Waals surface area contributed by atoms with Gasteiger partial charge in [0.05, 0.1) is 17.2 Å². The topological polar surface area (TPSA) is 94.8 Å². The molecule has 0 radical (unpaired) electrons. The first-order valence-electron chi connectivity index (χ1n) is 4.69. The number of aliphatic hydroxyl groups is 1. The van der Waals surface area contributed by atoms with Crippen molar-refractivity contribution in [3.63, 3.8) is 0 Å². The van der Waals surface area contributed by atoms with Crippen molar-refractivity contribution >= 4 is 11.9 Å². The van der Waals surface area contributed by atoms with Crippen LogP contribution in [0.1, 0.15) is 33.2 Å². The van der Waals surface area contributed by atoms with E-state index in [9.17, 15) is 14.7 Å². The number of aliphatic hydroxyl groups excluding tert-OH is 1. The number of benzene rings is 1. The molecule has 0 aliphatic carbocycles. The standard InChI is InChI=1S/C11H12O5/c1-6(12)4-7-2-3-8(10(13)14)5-9(7)11(15)16/h2-3,5-6,12H,4H2,1H3,(H,13,14)(H,15,16). The van der Waals surface area contributed by atoms with Gasteiger partial charge in [-0.3, -0.25) is 0 Å². The Labute approximate surface area is 92.0 Å². The minimum atomic E-state index is -1.20. The zero-order valence-electron chi connectivity index (χ0n) is 8.67. The van der Waals surface area contributed by atoms with Crippen LogP contribution in [0.4, 0.5) is 0 Å². The molecule has 0 aliphatic rings. The van der Waals surface area contributed by atoms with Crippen molar-refractivity contribution in [2.45, 2.75) is 19.4 Å². The molecule has 0 bridgehead atoms. The molecule has 0 amide bonds. The van der Waals surface area contributed by atoms with Gasteiger partial charge in [0.1, 0.15) is 0 Å². The molecule has 0 fully saturated rings. The number of carboxylic acids is 2. The molecule has 0 saturated heterocycles. The fraction of sp³-hybridized carbons (Fsp3) is 0.273. The molecule has 0 spiro atoms. The van der Waals surface area contributed by atoms with Crippen LogP contribution in [0.5, 0.6) is 0 Å². The summed E-state index contributed by atoms with van der Waals surface area (Å²) in [7, 11) is 0. The third kappa shape index (κ3) is 2.80. The summed E-state index contributed by atoms with van der Waals surface area (Å²) in [6, 6.07) is 3.84. The number of aromatic carboxylic acids is 2. The molecule has 16 heavy (non-hydrogen) atoms. The smallest absolute Gasteiger partial charge is 0.335 e. The molecular weight excluding hydrogens is 212 g/mol. The first-order valence-corrected chi connectivity index (χ1v) is 4.69. The highest BCUT2D eigenvalue weighted by Gasteiger charge is 2.14. The van der Waals surface area contributed by atoms with Gasteiger partial charge in [-0.15, -0.1) is 0 Å². The highest BCUT2D eigenvalue weighted by Crippen LogP contribution is 2.14. The van der Waals surface area contributed by atoms with Crippen molar-refractivity contribution < 1.29 is 24.9 Å². The summed E-state index contributed by atoms with van der Waals surface area (Å²) >= 11 is 0. The molecule has 1 atom stereocenters. The Hall–Kier alpha value is -1.88. The highest BCUT2D eigenvalue weighted by molar-refractivity contribution is 5.94. The predicted octanol–water partition coefficient (Wildman–Crippen LogP) is 1.01. The summed E-state index contributed by atoms with van der Waals surface area (Å²) in [4.78, 5) is 21.6. The van der Waals surface area contributed by atoms with Crippen molar-refractivity contribution in [3.8, 4) is 0 Å². The molecule has 5 nitrogen and oxygen atoms in total. The second kappa shape index (κ2) is 4.76. The van der Waals surface area contributed by atoms with E-state index >= 15 is 0 Å². The van der Waals surface area contributed by atoms with Crippen LogP contribution in [0, 0.1) is 0 Å². The average molecular weight is 224 g/mol. The lowest BCUT2D eigenvalue weighted by molar-refractivity contribution is 0.0694. The largest absolute Gasteiger partial charge is 0.478 e. The van der Waals surface area contributed by atoms with Gasteiger partial charge < -0.3 is 15.3 Å². The maximum absolute atomic E-state index is 10.9. The Morgan fingerprint density at radius 3 is 2.31 bits per heavy atom. The van der Waals surface area contributed by atoms with Crippen LogP contribution >= 0.6 is 0 Å². The first kappa shape index (κ1) is 12.2. The number of rotatable bonds is 4. The second-order valence-electron chi connectivity index (χ2n) is 3.54. The van der Waals surface area contributed by atoms with Crippen molar-refractivity contribution in [1.82, 2.24) is 0 Å². The van der Waals surface area contributed by atoms with E-state index in [4.69, 9.17) is 10.2 Å². The van der Waals surface area contributed by atoms with Gasteiger partial charge >= 0.3 is 11.9 Å². The molecular formula is C11H12O5. The lowest BCUT2D eigenvalue weighted by atomic mass is 9.99. The number of hydrogen-bond donors (Lipinski definition) is 3. The normalized spacial score (nSPS) is 12.1. The van der Waals surface area contributed by atoms with Crippen molar-refractivity contribution in [2.24, 2.45) is 0 Å². The molecule has 0 heterocycles. The molecule has 1 aromatic rings. The fourth-order valence-electron chi connectivity index (χ4n) is 1.40. The van der Waals surface area contributed by atoms with Crippen LogP contribution < -0.4 is 0 Å². The fourth-order valence-corrected chi connectivity index (χ4v) is 1.40. The number of carboxylic acid groups (broad SMARTS) is 2. The van der Waals surface area contributed by atoms with Gasteiger partial charge in [0.2, 0.25) is 0 Å². The molecule has 1 unspecified atom stereocenters. The van der Waals surface area contributed by atoms with E-state index in [2.05, 4.69) is 0 Å². The Morgan fingerprint density at radius 1 is 1.25 bits per heavy atom. The van der Waals surface area contributed by atoms with E-state index in [1.54, 1.807) is 0 Å². The van der Waals surface area contributed by atoms with Gasteiger partial charge in [-0.05, 0) is 31.0 Å². The van der Waals surface area contributed by atoms with Gasteiger partial charge in [-0.1, -0.05) is 6.07 Å². The second-order valence-corrected chi connectivity index (χ2v) is 3.54. The SMILES string of the molecule is CC(O)Cc1ccc(C(=O)O)cc1C(=O)O. The Balaban J connectivity index is 3.19. The summed E-state index contributed by atoms with van der Waals surface area (Å²) < 4.78 is 0. The average Bonchev–Trinajstić information content (AvgIpc) is 2.16. The van der Waals surface area contributed by atoms with E-state index in [1.807, 2.05) is 0 Å². The van der Waals surface area contributed by atoms with E-state index in [0.29, 0.717) is 5.56 Å². The minimum Gasteiger partial charge on any atom is -0.478 e. The van der Waals surface area contributed by atoms with Crippen molar-refractivity contribution in [3.05, 3.63) is 34.9 Å². The summed E-state index contributed by atoms with van der Waals surface area (Å²) in [5, 5.41) is 26.8. The molecule has 5 heteroatoms. The number of carbonyl (C=O) groups is 2. The zero-order valence-corrected chi connectivity index (χ0v) is 8.67. The maximum Gasteiger partial charge on any atom is 0.335 e. The van der Waals surface area contributed by atoms with Gasteiger partial charge in [-0.2, -0.15) is 0 Å². The van der Waals surface area contributed by atoms with E-state index < -0.39 is 18.0 Å². The molecule has 86 valence electrons. The van der Waals surface area contributed by atoms with Crippen LogP contribution in [0.2, 0.25) is 0 Å². The van der Waals surface area contributed by atoms with Gasteiger partial charge in [0.25, 0.3) is 0 Å². The monoisotopic (exact) mass is 224 g/mol. The Kier molecular flexibility index (Phi) is 3.63. The Morgan fingerprint density at radius 2 is 1.88 bits per heavy atom. The zero-order chi connectivity index (χ0) is 12.3. The highest BCUT2D eigenvalue weighted by atomic mass is 16.4. The van der Waals surface area contributed by atoms with Gasteiger partial charge in [0, 0.05) is 0 Å². The van der Waals surface area contributed by atoms with Gasteiger partial charge in [-0.25, -0.2) is 9.59 Å². The third-order valence-electron chi connectivity index (χ3n) is 2.10. The minimum absolute atomic E-state index is 0.0771. The summed E-state index contributed by atoms with van der Waals surface area (Å²) in [5.74, 6) is -2.37. The molecule has 1 aromatic carbocycles. The summed E-state index contributed by atoms with van der Waals surface area (Å²) in [5.41, 5.74) is 0.264. The third-order valence-corrected chi connectivity index (χ3v) is 2.10. The lowest BCUT2D eigenvalue weighted by Gasteiger charge is -2.08. The molecule has 1 rings (SSSR count). The molecule has 0 saturated carbocycles. The molecule has 3 N–H and O–H groups in total. The number of hydrogen-bond acceptors (Lipinski definition) is 3. The predicted molar refractivity (Wildman–Crippen MR) is 55.7 cm³/mol. The van der Waals surface area contributed by atoms with Crippen LogP contribution in [-0.4, -0.2) is 33.4 Å². The van der Waals surface area contributed by atoms with E-state index in [1.165, 1.54) is 19.1 Å². The van der Waals surface area contributed by atoms with E-state index in [0.717, 1.165) is 6.07 Å². The van der Waals surface area contributed by atoms with Crippen LogP contribution in [-0.2, 0) is 6.42 Å². The quantitative estimate of drug-likeness (QED) is 0.709. The Bertz CT molecular complexity index is 422. The maximum atomic E-state index is 10.9. The van der Waals surface area contributed by atoms with Crippen LogP contribution in [0.25, 0.3) is 0 Å². The summed E-state index contributed by atoms with van der Waals surface area (Å²) in [6.07, 6.45) is -0.490. The molecule has 0 aromatic heterocycles.